The van der Waals surface area contributed by atoms with Gasteiger partial charge in [0.2, 0.25) is 0 Å². The molecule has 0 amide bonds. The molecule has 3 aromatic carbocycles. The summed E-state index contributed by atoms with van der Waals surface area (Å²) in [5.41, 5.74) is 6.00. The van der Waals surface area contributed by atoms with Crippen LogP contribution in [-0.2, 0) is 0 Å². The molecule has 4 aromatic rings. The number of hydrogen-bond donors (Lipinski definition) is 1. The van der Waals surface area contributed by atoms with Crippen LogP contribution < -0.4 is 5.43 Å². The normalized spacial score (nSPS) is 11.8. The summed E-state index contributed by atoms with van der Waals surface area (Å²) in [5.74, 6) is 0.617. The van der Waals surface area contributed by atoms with Crippen molar-refractivity contribution in [2.45, 2.75) is 0 Å². The smallest absolute Gasteiger partial charge is 0.176 e. The van der Waals surface area contributed by atoms with Gasteiger partial charge in [0, 0.05) is 20.8 Å². The summed E-state index contributed by atoms with van der Waals surface area (Å²) in [4.78, 5) is 0. The number of aromatic nitrogens is 2. The number of fused-ring (bicyclic) bond motifs is 1. The summed E-state index contributed by atoms with van der Waals surface area (Å²) < 4.78 is 0.851. The van der Waals surface area contributed by atoms with E-state index in [1.807, 2.05) is 91.0 Å². The molecule has 1 N–H and O–H groups in total. The van der Waals surface area contributed by atoms with Gasteiger partial charge in [-0.1, -0.05) is 84.9 Å². The summed E-state index contributed by atoms with van der Waals surface area (Å²) in [6.07, 6.45) is 3.70. The Labute approximate surface area is 171 Å². The average Bonchev–Trinajstić information content (AvgIpc) is 2.75. The van der Waals surface area contributed by atoms with Crippen molar-refractivity contribution in [3.63, 3.8) is 0 Å². The Hall–Kier alpha value is -3.31. The fraction of sp³-hybridized carbons (Fsp3) is 0. The molecule has 5 heteroatoms. The van der Waals surface area contributed by atoms with Gasteiger partial charge in [-0.3, -0.25) is 5.43 Å². The van der Waals surface area contributed by atoms with Gasteiger partial charge in [0.05, 0.1) is 6.21 Å². The van der Waals surface area contributed by atoms with Crippen molar-refractivity contribution in [2.75, 3.05) is 5.43 Å². The molecule has 0 aliphatic heterocycles. The highest BCUT2D eigenvalue weighted by Gasteiger charge is 2.09. The predicted octanol–water partition coefficient (Wildman–Crippen LogP) is 6.13. The van der Waals surface area contributed by atoms with E-state index in [9.17, 15) is 0 Å². The molecular formula is C23H17BrN4. The molecule has 4 nitrogen and oxygen atoms in total. The third-order valence-electron chi connectivity index (χ3n) is 4.20. The molecule has 1 heterocycles. The van der Waals surface area contributed by atoms with Crippen LogP contribution in [0.25, 0.3) is 28.1 Å². The first-order valence-electron chi connectivity index (χ1n) is 8.83. The number of nitrogens with one attached hydrogen (secondary N) is 1. The first kappa shape index (κ1) is 18.1. The van der Waals surface area contributed by atoms with Crippen molar-refractivity contribution >= 4 is 44.8 Å². The van der Waals surface area contributed by atoms with Crippen LogP contribution in [0.2, 0.25) is 0 Å². The Morgan fingerprint density at radius 3 is 2.18 bits per heavy atom. The fourth-order valence-electron chi connectivity index (χ4n) is 2.90. The minimum atomic E-state index is 0.617. The number of nitrogens with zero attached hydrogens (tertiary/aromatic N) is 3. The van der Waals surface area contributed by atoms with Gasteiger partial charge in [0.25, 0.3) is 0 Å². The number of halogens is 1. The highest BCUT2D eigenvalue weighted by molar-refractivity contribution is 9.12. The summed E-state index contributed by atoms with van der Waals surface area (Å²) in [7, 11) is 0. The maximum Gasteiger partial charge on any atom is 0.176 e. The lowest BCUT2D eigenvalue weighted by Gasteiger charge is -2.08. The fourth-order valence-corrected chi connectivity index (χ4v) is 3.26. The Bertz CT molecular complexity index is 1140. The summed E-state index contributed by atoms with van der Waals surface area (Å²) in [5, 5.41) is 15.1. The van der Waals surface area contributed by atoms with Crippen molar-refractivity contribution in [1.29, 1.82) is 0 Å². The van der Waals surface area contributed by atoms with Gasteiger partial charge in [-0.2, -0.15) is 5.10 Å². The van der Waals surface area contributed by atoms with E-state index in [1.54, 1.807) is 6.21 Å². The largest absolute Gasteiger partial charge is 0.259 e. The van der Waals surface area contributed by atoms with E-state index in [0.717, 1.165) is 32.1 Å². The van der Waals surface area contributed by atoms with Crippen molar-refractivity contribution < 1.29 is 0 Å². The molecule has 136 valence electrons. The van der Waals surface area contributed by atoms with Crippen molar-refractivity contribution in [3.05, 3.63) is 95.0 Å². The third-order valence-corrected chi connectivity index (χ3v) is 4.63. The Kier molecular flexibility index (Phi) is 5.54. The van der Waals surface area contributed by atoms with E-state index in [0.29, 0.717) is 5.82 Å². The van der Waals surface area contributed by atoms with E-state index >= 15 is 0 Å². The molecule has 0 aliphatic rings. The maximum atomic E-state index is 4.43. The van der Waals surface area contributed by atoms with E-state index in [1.165, 1.54) is 0 Å². The number of hydrogen-bond acceptors (Lipinski definition) is 4. The zero-order chi connectivity index (χ0) is 19.2. The van der Waals surface area contributed by atoms with Gasteiger partial charge in [0.1, 0.15) is 5.69 Å². The second-order valence-electron chi connectivity index (χ2n) is 6.12. The lowest BCUT2D eigenvalue weighted by Crippen LogP contribution is -1.98. The van der Waals surface area contributed by atoms with Gasteiger partial charge >= 0.3 is 0 Å². The van der Waals surface area contributed by atoms with Crippen LogP contribution in [0.5, 0.6) is 0 Å². The number of allylic oxidation sites excluding steroid dienone is 1. The Morgan fingerprint density at radius 2 is 1.43 bits per heavy atom. The van der Waals surface area contributed by atoms with Crippen LogP contribution in [0.3, 0.4) is 0 Å². The third kappa shape index (κ3) is 4.15. The molecule has 0 bridgehead atoms. The molecule has 0 radical (unpaired) electrons. The number of hydrazone groups is 1. The minimum absolute atomic E-state index is 0.617. The van der Waals surface area contributed by atoms with Gasteiger partial charge in [-0.05, 0) is 27.6 Å². The van der Waals surface area contributed by atoms with E-state index in [2.05, 4.69) is 36.7 Å². The van der Waals surface area contributed by atoms with Crippen LogP contribution in [0.15, 0.2) is 94.5 Å². The van der Waals surface area contributed by atoms with Crippen LogP contribution in [0, 0.1) is 0 Å². The first-order valence-corrected chi connectivity index (χ1v) is 9.63. The van der Waals surface area contributed by atoms with E-state index < -0.39 is 0 Å². The quantitative estimate of drug-likeness (QED) is 0.307. The lowest BCUT2D eigenvalue weighted by atomic mass is 10.0. The van der Waals surface area contributed by atoms with Crippen LogP contribution in [0.1, 0.15) is 5.56 Å². The second kappa shape index (κ2) is 8.59. The van der Waals surface area contributed by atoms with E-state index in [-0.39, 0.29) is 0 Å². The molecule has 0 atom stereocenters. The molecule has 0 aliphatic carbocycles. The minimum Gasteiger partial charge on any atom is -0.259 e. The molecule has 0 saturated heterocycles. The van der Waals surface area contributed by atoms with Crippen molar-refractivity contribution in [2.24, 2.45) is 5.10 Å². The molecule has 0 unspecified atom stereocenters. The molecule has 0 spiro atoms. The van der Waals surface area contributed by atoms with Crippen LogP contribution >= 0.6 is 15.9 Å². The van der Waals surface area contributed by atoms with E-state index in [4.69, 9.17) is 0 Å². The van der Waals surface area contributed by atoms with Crippen LogP contribution in [-0.4, -0.2) is 16.4 Å². The average molecular weight is 429 g/mol. The topological polar surface area (TPSA) is 50.2 Å². The Balaban J connectivity index is 1.61. The zero-order valence-corrected chi connectivity index (χ0v) is 16.5. The van der Waals surface area contributed by atoms with Crippen molar-refractivity contribution in [3.8, 4) is 11.3 Å². The highest BCUT2D eigenvalue weighted by Crippen LogP contribution is 2.29. The molecule has 28 heavy (non-hydrogen) atoms. The van der Waals surface area contributed by atoms with Gasteiger partial charge in [-0.15, -0.1) is 10.2 Å². The van der Waals surface area contributed by atoms with Gasteiger partial charge in [0.15, 0.2) is 5.82 Å². The Morgan fingerprint density at radius 1 is 0.786 bits per heavy atom. The summed E-state index contributed by atoms with van der Waals surface area (Å²) >= 11 is 3.52. The van der Waals surface area contributed by atoms with Crippen LogP contribution in [0.4, 0.5) is 5.82 Å². The molecule has 0 saturated carbocycles. The number of anilines is 1. The zero-order valence-electron chi connectivity index (χ0n) is 15.0. The standard InChI is InChI=1S/C23H17BrN4/c24-19(15-17-9-3-1-4-10-17)16-25-27-23-21-14-8-7-13-20(21)22(26-28-23)18-11-5-2-6-12-18/h1-16H,(H,27,28). The number of rotatable bonds is 5. The molecule has 0 fully saturated rings. The predicted molar refractivity (Wildman–Crippen MR) is 120 cm³/mol. The second-order valence-corrected chi connectivity index (χ2v) is 7.03. The maximum absolute atomic E-state index is 4.43. The van der Waals surface area contributed by atoms with Crippen molar-refractivity contribution in [1.82, 2.24) is 10.2 Å². The molecular weight excluding hydrogens is 412 g/mol. The molecule has 1 aromatic heterocycles. The summed E-state index contributed by atoms with van der Waals surface area (Å²) in [6.45, 7) is 0. The summed E-state index contributed by atoms with van der Waals surface area (Å²) in [6, 6.07) is 28.2. The SMILES string of the molecule is BrC(C=NNc1nnc(-c2ccccc2)c2ccccc12)=Cc1ccccc1. The highest BCUT2D eigenvalue weighted by atomic mass is 79.9. The first-order chi connectivity index (χ1) is 13.8. The monoisotopic (exact) mass is 428 g/mol. The lowest BCUT2D eigenvalue weighted by molar-refractivity contribution is 1.05. The molecule has 4 rings (SSSR count). The number of benzene rings is 3. The van der Waals surface area contributed by atoms with Gasteiger partial charge < -0.3 is 0 Å². The van der Waals surface area contributed by atoms with Gasteiger partial charge in [-0.25, -0.2) is 0 Å².